The first-order valence-corrected chi connectivity index (χ1v) is 6.44. The van der Waals surface area contributed by atoms with Crippen LogP contribution >= 0.6 is 0 Å². The fourth-order valence-electron chi connectivity index (χ4n) is 1.94. The van der Waals surface area contributed by atoms with Crippen molar-refractivity contribution in [3.05, 3.63) is 58.9 Å². The van der Waals surface area contributed by atoms with Gasteiger partial charge in [0.2, 0.25) is 0 Å². The lowest BCUT2D eigenvalue weighted by Gasteiger charge is -2.15. The summed E-state index contributed by atoms with van der Waals surface area (Å²) in [7, 11) is 0. The third kappa shape index (κ3) is 3.34. The van der Waals surface area contributed by atoms with E-state index in [1.165, 1.54) is 0 Å². The molecular formula is C16H17N3O. The van der Waals surface area contributed by atoms with Gasteiger partial charge >= 0.3 is 0 Å². The topological polar surface area (TPSA) is 71.9 Å². The average molecular weight is 267 g/mol. The molecule has 2 rings (SSSR count). The molecule has 0 aliphatic heterocycles. The molecule has 0 radical (unpaired) electrons. The summed E-state index contributed by atoms with van der Waals surface area (Å²) < 4.78 is 5.82. The van der Waals surface area contributed by atoms with E-state index in [0.717, 1.165) is 22.4 Å². The zero-order valence-corrected chi connectivity index (χ0v) is 11.6. The highest BCUT2D eigenvalue weighted by atomic mass is 16.5. The van der Waals surface area contributed by atoms with Gasteiger partial charge in [0.05, 0.1) is 0 Å². The Morgan fingerprint density at radius 3 is 2.85 bits per heavy atom. The minimum Gasteiger partial charge on any atom is -0.489 e. The highest BCUT2D eigenvalue weighted by Gasteiger charge is 2.09. The number of aromatic nitrogens is 1. The van der Waals surface area contributed by atoms with Crippen molar-refractivity contribution in [2.24, 2.45) is 5.73 Å². The van der Waals surface area contributed by atoms with Crippen molar-refractivity contribution in [1.29, 1.82) is 5.26 Å². The monoisotopic (exact) mass is 267 g/mol. The minimum absolute atomic E-state index is 0.0861. The molecule has 0 bridgehead atoms. The van der Waals surface area contributed by atoms with Gasteiger partial charge in [-0.2, -0.15) is 5.26 Å². The van der Waals surface area contributed by atoms with Crippen LogP contribution in [0.1, 0.15) is 35.3 Å². The zero-order valence-electron chi connectivity index (χ0n) is 11.6. The Balaban J connectivity index is 2.16. The molecule has 0 aliphatic carbocycles. The fraction of sp³-hybridized carbons (Fsp3) is 0.250. The lowest BCUT2D eigenvalue weighted by atomic mass is 10.1. The van der Waals surface area contributed by atoms with Crippen LogP contribution in [-0.2, 0) is 6.61 Å². The van der Waals surface area contributed by atoms with E-state index in [0.29, 0.717) is 12.3 Å². The van der Waals surface area contributed by atoms with E-state index in [4.69, 9.17) is 15.7 Å². The van der Waals surface area contributed by atoms with E-state index < -0.39 is 0 Å². The Hall–Kier alpha value is -2.38. The van der Waals surface area contributed by atoms with Crippen LogP contribution in [0, 0.1) is 18.3 Å². The number of rotatable bonds is 4. The van der Waals surface area contributed by atoms with Crippen LogP contribution in [0.3, 0.4) is 0 Å². The first kappa shape index (κ1) is 14.0. The number of ether oxygens (including phenoxy) is 1. The van der Waals surface area contributed by atoms with Gasteiger partial charge in [-0.1, -0.05) is 17.7 Å². The van der Waals surface area contributed by atoms with Crippen LogP contribution in [-0.4, -0.2) is 4.98 Å². The van der Waals surface area contributed by atoms with Gasteiger partial charge in [-0.25, -0.2) is 4.98 Å². The maximum atomic E-state index is 8.82. The van der Waals surface area contributed by atoms with E-state index in [1.807, 2.05) is 44.2 Å². The Bertz CT molecular complexity index is 644. The summed E-state index contributed by atoms with van der Waals surface area (Å²) >= 11 is 0. The first-order chi connectivity index (χ1) is 9.60. The summed E-state index contributed by atoms with van der Waals surface area (Å²) in [5.74, 6) is 0.779. The molecule has 1 aromatic heterocycles. The Morgan fingerprint density at radius 1 is 1.35 bits per heavy atom. The molecule has 0 spiro atoms. The molecule has 20 heavy (non-hydrogen) atoms. The van der Waals surface area contributed by atoms with E-state index in [2.05, 4.69) is 4.98 Å². The van der Waals surface area contributed by atoms with Gasteiger partial charge in [0.15, 0.2) is 0 Å². The molecule has 4 nitrogen and oxygen atoms in total. The number of hydrogen-bond donors (Lipinski definition) is 1. The first-order valence-electron chi connectivity index (χ1n) is 6.44. The standard InChI is InChI=1S/C16H17N3O/c1-11-3-4-16(15(7-11)12(2)18)20-10-13-5-6-19-14(8-13)9-17/h3-8,12H,10,18H2,1-2H3/t12-/m0/s1. The van der Waals surface area contributed by atoms with Crippen LogP contribution in [0.4, 0.5) is 0 Å². The second-order valence-electron chi connectivity index (χ2n) is 4.78. The summed E-state index contributed by atoms with van der Waals surface area (Å²) in [5, 5.41) is 8.82. The van der Waals surface area contributed by atoms with Gasteiger partial charge in [-0.05, 0) is 37.6 Å². The van der Waals surface area contributed by atoms with Crippen molar-refractivity contribution in [3.8, 4) is 11.8 Å². The molecule has 1 aromatic carbocycles. The number of nitrogens with two attached hydrogens (primary N) is 1. The maximum Gasteiger partial charge on any atom is 0.140 e. The molecular weight excluding hydrogens is 250 g/mol. The van der Waals surface area contributed by atoms with E-state index >= 15 is 0 Å². The van der Waals surface area contributed by atoms with Crippen molar-refractivity contribution >= 4 is 0 Å². The molecule has 0 aliphatic rings. The molecule has 1 heterocycles. The van der Waals surface area contributed by atoms with Crippen molar-refractivity contribution in [2.75, 3.05) is 0 Å². The van der Waals surface area contributed by atoms with Gasteiger partial charge < -0.3 is 10.5 Å². The molecule has 0 saturated carbocycles. The molecule has 4 heteroatoms. The van der Waals surface area contributed by atoms with Crippen molar-refractivity contribution < 1.29 is 4.74 Å². The number of hydrogen-bond acceptors (Lipinski definition) is 4. The van der Waals surface area contributed by atoms with Gasteiger partial charge in [-0.3, -0.25) is 0 Å². The number of benzene rings is 1. The Kier molecular flexibility index (Phi) is 4.34. The second kappa shape index (κ2) is 6.18. The van der Waals surface area contributed by atoms with Crippen LogP contribution < -0.4 is 10.5 Å². The van der Waals surface area contributed by atoms with Crippen molar-refractivity contribution in [3.63, 3.8) is 0 Å². The van der Waals surface area contributed by atoms with Crippen LogP contribution in [0.5, 0.6) is 5.75 Å². The smallest absolute Gasteiger partial charge is 0.140 e. The molecule has 102 valence electrons. The highest BCUT2D eigenvalue weighted by molar-refractivity contribution is 5.39. The van der Waals surface area contributed by atoms with E-state index in [-0.39, 0.29) is 6.04 Å². The summed E-state index contributed by atoms with van der Waals surface area (Å²) in [6, 6.07) is 11.4. The lowest BCUT2D eigenvalue weighted by molar-refractivity contribution is 0.301. The third-order valence-electron chi connectivity index (χ3n) is 2.99. The van der Waals surface area contributed by atoms with Gasteiger partial charge in [0.25, 0.3) is 0 Å². The quantitative estimate of drug-likeness (QED) is 0.924. The van der Waals surface area contributed by atoms with Crippen LogP contribution in [0.15, 0.2) is 36.5 Å². The van der Waals surface area contributed by atoms with Gasteiger partial charge in [0, 0.05) is 17.8 Å². The van der Waals surface area contributed by atoms with Gasteiger partial charge in [0.1, 0.15) is 24.1 Å². The molecule has 0 amide bonds. The molecule has 0 saturated heterocycles. The third-order valence-corrected chi connectivity index (χ3v) is 2.99. The Morgan fingerprint density at radius 2 is 2.15 bits per heavy atom. The second-order valence-corrected chi connectivity index (χ2v) is 4.78. The number of aryl methyl sites for hydroxylation is 1. The largest absolute Gasteiger partial charge is 0.489 e. The normalized spacial score (nSPS) is 11.7. The Labute approximate surface area is 118 Å². The summed E-state index contributed by atoms with van der Waals surface area (Å²) in [5.41, 5.74) is 9.40. The summed E-state index contributed by atoms with van der Waals surface area (Å²) in [6.07, 6.45) is 1.61. The SMILES string of the molecule is Cc1ccc(OCc2ccnc(C#N)c2)c([C@H](C)N)c1. The minimum atomic E-state index is -0.0861. The van der Waals surface area contributed by atoms with Crippen LogP contribution in [0.25, 0.3) is 0 Å². The molecule has 1 atom stereocenters. The predicted molar refractivity (Wildman–Crippen MR) is 77.1 cm³/mol. The number of nitrogens with zero attached hydrogens (tertiary/aromatic N) is 2. The molecule has 0 fully saturated rings. The van der Waals surface area contributed by atoms with Crippen molar-refractivity contribution in [2.45, 2.75) is 26.5 Å². The lowest BCUT2D eigenvalue weighted by Crippen LogP contribution is -2.08. The van der Waals surface area contributed by atoms with Crippen LogP contribution in [0.2, 0.25) is 0 Å². The zero-order chi connectivity index (χ0) is 14.5. The summed E-state index contributed by atoms with van der Waals surface area (Å²) in [6.45, 7) is 4.35. The highest BCUT2D eigenvalue weighted by Crippen LogP contribution is 2.25. The molecule has 0 unspecified atom stereocenters. The maximum absolute atomic E-state index is 8.82. The number of nitriles is 1. The molecule has 2 aromatic rings. The molecule has 2 N–H and O–H groups in total. The predicted octanol–water partition coefficient (Wildman–Crippen LogP) is 2.86. The fourth-order valence-corrected chi connectivity index (χ4v) is 1.94. The average Bonchev–Trinajstić information content (AvgIpc) is 2.46. The van der Waals surface area contributed by atoms with Crippen molar-refractivity contribution in [1.82, 2.24) is 4.98 Å². The van der Waals surface area contributed by atoms with E-state index in [9.17, 15) is 0 Å². The van der Waals surface area contributed by atoms with E-state index in [1.54, 1.807) is 12.3 Å². The van der Waals surface area contributed by atoms with Gasteiger partial charge in [-0.15, -0.1) is 0 Å². The number of pyridine rings is 1. The summed E-state index contributed by atoms with van der Waals surface area (Å²) in [4.78, 5) is 3.93.